The Labute approximate surface area is 98.5 Å². The minimum Gasteiger partial charge on any atom is -0.424 e. The Balaban J connectivity index is 2.08. The van der Waals surface area contributed by atoms with Crippen LogP contribution in [0.5, 0.6) is 0 Å². The molecule has 0 saturated heterocycles. The SMILES string of the molecule is O=C1C=C/C(=C/[C@H](O)[C@@H](O)c2ccccc2)O1. The van der Waals surface area contributed by atoms with Gasteiger partial charge < -0.3 is 14.9 Å². The number of aliphatic hydroxyl groups excluding tert-OH is 2. The van der Waals surface area contributed by atoms with Crippen LogP contribution in [0.15, 0.2) is 54.3 Å². The van der Waals surface area contributed by atoms with Crippen molar-refractivity contribution >= 4 is 5.97 Å². The van der Waals surface area contributed by atoms with Gasteiger partial charge in [0.05, 0.1) is 0 Å². The minimum atomic E-state index is -1.12. The fraction of sp³-hybridized carbons (Fsp3) is 0.154. The van der Waals surface area contributed by atoms with Gasteiger partial charge in [-0.3, -0.25) is 0 Å². The van der Waals surface area contributed by atoms with E-state index >= 15 is 0 Å². The van der Waals surface area contributed by atoms with Crippen LogP contribution in [-0.2, 0) is 9.53 Å². The van der Waals surface area contributed by atoms with E-state index in [0.717, 1.165) is 0 Å². The molecule has 2 atom stereocenters. The molecule has 88 valence electrons. The molecular formula is C13H12O4. The van der Waals surface area contributed by atoms with E-state index in [4.69, 9.17) is 4.74 Å². The lowest BCUT2D eigenvalue weighted by Crippen LogP contribution is -2.16. The zero-order valence-corrected chi connectivity index (χ0v) is 8.98. The van der Waals surface area contributed by atoms with Crippen molar-refractivity contribution in [3.63, 3.8) is 0 Å². The van der Waals surface area contributed by atoms with Crippen molar-refractivity contribution in [1.29, 1.82) is 0 Å². The van der Waals surface area contributed by atoms with Gasteiger partial charge in [0.25, 0.3) is 0 Å². The third-order valence-corrected chi connectivity index (χ3v) is 2.40. The van der Waals surface area contributed by atoms with Crippen molar-refractivity contribution < 1.29 is 19.7 Å². The van der Waals surface area contributed by atoms with Crippen LogP contribution in [0.1, 0.15) is 11.7 Å². The first-order chi connectivity index (χ1) is 8.16. The van der Waals surface area contributed by atoms with E-state index in [-0.39, 0.29) is 5.76 Å². The summed E-state index contributed by atoms with van der Waals surface area (Å²) in [4.78, 5) is 10.8. The molecule has 1 aliphatic rings. The molecule has 0 fully saturated rings. The van der Waals surface area contributed by atoms with Crippen LogP contribution in [0, 0.1) is 0 Å². The van der Waals surface area contributed by atoms with Crippen LogP contribution in [0.4, 0.5) is 0 Å². The highest BCUT2D eigenvalue weighted by atomic mass is 16.5. The number of rotatable bonds is 3. The zero-order valence-electron chi connectivity index (χ0n) is 8.98. The molecule has 0 radical (unpaired) electrons. The first-order valence-corrected chi connectivity index (χ1v) is 5.19. The number of hydrogen-bond acceptors (Lipinski definition) is 4. The summed E-state index contributed by atoms with van der Waals surface area (Å²) < 4.78 is 4.76. The lowest BCUT2D eigenvalue weighted by molar-refractivity contribution is -0.132. The number of cyclic esters (lactones) is 1. The molecule has 0 aromatic heterocycles. The second-order valence-electron chi connectivity index (χ2n) is 3.67. The number of benzene rings is 1. The molecule has 0 spiro atoms. The summed E-state index contributed by atoms with van der Waals surface area (Å²) in [5.74, 6) is -0.227. The number of hydrogen-bond donors (Lipinski definition) is 2. The van der Waals surface area contributed by atoms with E-state index < -0.39 is 18.2 Å². The Hall–Kier alpha value is -1.91. The maximum atomic E-state index is 10.8. The molecule has 4 heteroatoms. The highest BCUT2D eigenvalue weighted by molar-refractivity contribution is 5.86. The standard InChI is InChI=1S/C13H12O4/c14-11(8-10-6-7-12(15)17-10)13(16)9-4-2-1-3-5-9/h1-8,11,13-14,16H/b10-8-/t11-,13-/m0/s1. The Morgan fingerprint density at radius 3 is 2.41 bits per heavy atom. The predicted molar refractivity (Wildman–Crippen MR) is 60.7 cm³/mol. The third kappa shape index (κ3) is 2.81. The fourth-order valence-electron chi connectivity index (χ4n) is 1.53. The Kier molecular flexibility index (Phi) is 3.37. The highest BCUT2D eigenvalue weighted by Gasteiger charge is 2.18. The van der Waals surface area contributed by atoms with E-state index in [1.54, 1.807) is 24.3 Å². The summed E-state index contributed by atoms with van der Waals surface area (Å²) in [6, 6.07) is 8.79. The summed E-state index contributed by atoms with van der Waals surface area (Å²) in [5, 5.41) is 19.6. The van der Waals surface area contributed by atoms with Gasteiger partial charge in [0, 0.05) is 6.08 Å². The van der Waals surface area contributed by atoms with Gasteiger partial charge in [-0.2, -0.15) is 0 Å². The van der Waals surface area contributed by atoms with E-state index in [0.29, 0.717) is 5.56 Å². The lowest BCUT2D eigenvalue weighted by atomic mass is 10.0. The molecule has 0 amide bonds. The van der Waals surface area contributed by atoms with E-state index in [9.17, 15) is 15.0 Å². The number of carbonyl (C=O) groups is 1. The average Bonchev–Trinajstić information content (AvgIpc) is 2.75. The molecule has 17 heavy (non-hydrogen) atoms. The normalized spacial score (nSPS) is 20.4. The molecule has 4 nitrogen and oxygen atoms in total. The van der Waals surface area contributed by atoms with Gasteiger partial charge in [-0.05, 0) is 17.7 Å². The Bertz CT molecular complexity index is 462. The number of aliphatic hydroxyl groups is 2. The predicted octanol–water partition coefficient (Wildman–Crippen LogP) is 1.08. The maximum Gasteiger partial charge on any atom is 0.336 e. The molecule has 1 aliphatic heterocycles. The van der Waals surface area contributed by atoms with Crippen molar-refractivity contribution in [3.05, 3.63) is 59.9 Å². The van der Waals surface area contributed by atoms with Gasteiger partial charge in [0.1, 0.15) is 18.0 Å². The van der Waals surface area contributed by atoms with E-state index in [1.165, 1.54) is 18.2 Å². The lowest BCUT2D eigenvalue weighted by Gasteiger charge is -2.15. The molecule has 2 rings (SSSR count). The monoisotopic (exact) mass is 232 g/mol. The van der Waals surface area contributed by atoms with Crippen LogP contribution in [-0.4, -0.2) is 22.3 Å². The maximum absolute atomic E-state index is 10.8. The van der Waals surface area contributed by atoms with Crippen LogP contribution < -0.4 is 0 Å². The highest BCUT2D eigenvalue weighted by Crippen LogP contribution is 2.20. The second-order valence-corrected chi connectivity index (χ2v) is 3.67. The third-order valence-electron chi connectivity index (χ3n) is 2.40. The quantitative estimate of drug-likeness (QED) is 0.765. The molecule has 0 aliphatic carbocycles. The van der Waals surface area contributed by atoms with E-state index in [1.807, 2.05) is 6.07 Å². The first kappa shape index (κ1) is 11.6. The smallest absolute Gasteiger partial charge is 0.336 e. The molecule has 2 N–H and O–H groups in total. The number of allylic oxidation sites excluding steroid dienone is 1. The molecule has 0 unspecified atom stereocenters. The largest absolute Gasteiger partial charge is 0.424 e. The molecule has 1 aromatic rings. The molecule has 1 heterocycles. The fourth-order valence-corrected chi connectivity index (χ4v) is 1.53. The van der Waals surface area contributed by atoms with Crippen molar-refractivity contribution in [3.8, 4) is 0 Å². The molecule has 1 aromatic carbocycles. The van der Waals surface area contributed by atoms with Gasteiger partial charge in [0.15, 0.2) is 0 Å². The summed E-state index contributed by atoms with van der Waals surface area (Å²) >= 11 is 0. The van der Waals surface area contributed by atoms with Gasteiger partial charge in [0.2, 0.25) is 0 Å². The first-order valence-electron chi connectivity index (χ1n) is 5.19. The summed E-state index contributed by atoms with van der Waals surface area (Å²) in [6.07, 6.45) is 1.84. The summed E-state index contributed by atoms with van der Waals surface area (Å²) in [6.45, 7) is 0. The Morgan fingerprint density at radius 2 is 1.82 bits per heavy atom. The zero-order chi connectivity index (χ0) is 12.3. The van der Waals surface area contributed by atoms with Crippen LogP contribution in [0.25, 0.3) is 0 Å². The second kappa shape index (κ2) is 4.95. The number of carbonyl (C=O) groups excluding carboxylic acids is 1. The van der Waals surface area contributed by atoms with Crippen molar-refractivity contribution in [2.75, 3.05) is 0 Å². The Morgan fingerprint density at radius 1 is 1.12 bits per heavy atom. The van der Waals surface area contributed by atoms with Gasteiger partial charge >= 0.3 is 5.97 Å². The minimum absolute atomic E-state index is 0.248. The van der Waals surface area contributed by atoms with Gasteiger partial charge in [-0.25, -0.2) is 4.79 Å². The summed E-state index contributed by atoms with van der Waals surface area (Å²) in [5.41, 5.74) is 0.602. The van der Waals surface area contributed by atoms with Crippen LogP contribution >= 0.6 is 0 Å². The topological polar surface area (TPSA) is 66.8 Å². The molecular weight excluding hydrogens is 220 g/mol. The van der Waals surface area contributed by atoms with Gasteiger partial charge in [-0.15, -0.1) is 0 Å². The van der Waals surface area contributed by atoms with Crippen molar-refractivity contribution in [1.82, 2.24) is 0 Å². The number of esters is 1. The van der Waals surface area contributed by atoms with Gasteiger partial charge in [-0.1, -0.05) is 30.3 Å². The molecule has 0 bridgehead atoms. The molecule has 0 saturated carbocycles. The summed E-state index contributed by atoms with van der Waals surface area (Å²) in [7, 11) is 0. The average molecular weight is 232 g/mol. The van der Waals surface area contributed by atoms with Crippen LogP contribution in [0.3, 0.4) is 0 Å². The number of ether oxygens (including phenoxy) is 1. The van der Waals surface area contributed by atoms with Crippen molar-refractivity contribution in [2.24, 2.45) is 0 Å². The van der Waals surface area contributed by atoms with Crippen molar-refractivity contribution in [2.45, 2.75) is 12.2 Å². The van der Waals surface area contributed by atoms with Crippen LogP contribution in [0.2, 0.25) is 0 Å². The van der Waals surface area contributed by atoms with E-state index in [2.05, 4.69) is 0 Å².